The highest BCUT2D eigenvalue weighted by molar-refractivity contribution is 7.14. The normalized spacial score (nSPS) is 9.77. The van der Waals surface area contributed by atoms with E-state index in [1.165, 1.54) is 11.3 Å². The summed E-state index contributed by atoms with van der Waals surface area (Å²) in [6.45, 7) is 5.62. The maximum atomic E-state index is 11.1. The van der Waals surface area contributed by atoms with Crippen LogP contribution in [0.3, 0.4) is 0 Å². The molecule has 0 saturated carbocycles. The Kier molecular flexibility index (Phi) is 6.76. The van der Waals surface area contributed by atoms with E-state index in [4.69, 9.17) is 25.5 Å². The zero-order chi connectivity index (χ0) is 16.9. The molecule has 0 bridgehead atoms. The molecule has 2 aromatic rings. The molecule has 2 heterocycles. The average Bonchev–Trinajstić information content (AvgIpc) is 2.92. The molecule has 6 nitrogen and oxygen atoms in total. The highest BCUT2D eigenvalue weighted by Crippen LogP contribution is 2.10. The number of carboxylic acids is 1. The molecule has 0 aliphatic rings. The fourth-order valence-corrected chi connectivity index (χ4v) is 2.79. The van der Waals surface area contributed by atoms with Gasteiger partial charge in [0.05, 0.1) is 16.6 Å². The largest absolute Gasteiger partial charge is 0.477 e. The van der Waals surface area contributed by atoms with Gasteiger partial charge in [-0.05, 0) is 20.8 Å². The Labute approximate surface area is 138 Å². The van der Waals surface area contributed by atoms with E-state index in [9.17, 15) is 9.59 Å². The quantitative estimate of drug-likeness (QED) is 0.644. The molecule has 0 aromatic carbocycles. The number of carbonyl (C=O) groups excluding carboxylic acids is 1. The topological polar surface area (TPSA) is 89.4 Å². The number of carbonyl (C=O) groups is 2. The molecule has 22 heavy (non-hydrogen) atoms. The maximum Gasteiger partial charge on any atom is 0.349 e. The number of hydrogen-bond acceptors (Lipinski definition) is 7. The number of rotatable bonds is 3. The number of esters is 1. The maximum absolute atomic E-state index is 11.1. The lowest BCUT2D eigenvalue weighted by molar-refractivity contribution is 0.0532. The summed E-state index contributed by atoms with van der Waals surface area (Å²) in [5, 5.41) is 9.92. The van der Waals surface area contributed by atoms with Crippen molar-refractivity contribution in [2.45, 2.75) is 20.8 Å². The van der Waals surface area contributed by atoms with Crippen molar-refractivity contribution in [1.82, 2.24) is 9.97 Å². The van der Waals surface area contributed by atoms with Gasteiger partial charge in [-0.3, -0.25) is 9.97 Å². The number of hydrogen-bond donors (Lipinski definition) is 1. The Morgan fingerprint density at radius 3 is 1.82 bits per heavy atom. The lowest BCUT2D eigenvalue weighted by Crippen LogP contribution is -2.16. The lowest BCUT2D eigenvalue weighted by Gasteiger charge is -1.97. The van der Waals surface area contributed by atoms with Crippen molar-refractivity contribution in [2.75, 3.05) is 6.61 Å². The van der Waals surface area contributed by atoms with Crippen LogP contribution in [0, 0.1) is 13.8 Å². The zero-order valence-corrected chi connectivity index (χ0v) is 13.9. The smallest absolute Gasteiger partial charge is 0.349 e. The standard InChI is InChI=1S/C7H8BNO2S.C5H4BNO2S/c1-3-11-7(10)5-6(8)9-4(2)12-5;1-2-7-4(6)3(10-2)5(8)9/h3H2,1-2H3;1H3,(H,8,9). The Morgan fingerprint density at radius 2 is 1.55 bits per heavy atom. The summed E-state index contributed by atoms with van der Waals surface area (Å²) in [4.78, 5) is 29.7. The predicted molar refractivity (Wildman–Crippen MR) is 87.4 cm³/mol. The van der Waals surface area contributed by atoms with Crippen LogP contribution in [0.15, 0.2) is 0 Å². The number of aromatic nitrogens is 2. The number of aromatic carboxylic acids is 1. The van der Waals surface area contributed by atoms with Crippen molar-refractivity contribution in [1.29, 1.82) is 0 Å². The molecule has 112 valence electrons. The molecule has 0 atom stereocenters. The van der Waals surface area contributed by atoms with E-state index in [1.54, 1.807) is 20.8 Å². The van der Waals surface area contributed by atoms with Crippen LogP contribution >= 0.6 is 22.7 Å². The van der Waals surface area contributed by atoms with Gasteiger partial charge < -0.3 is 9.84 Å². The van der Waals surface area contributed by atoms with Gasteiger partial charge in [0.1, 0.15) is 25.4 Å². The molecule has 0 amide bonds. The van der Waals surface area contributed by atoms with Gasteiger partial charge in [0.2, 0.25) is 0 Å². The highest BCUT2D eigenvalue weighted by Gasteiger charge is 2.13. The van der Waals surface area contributed by atoms with Crippen LogP contribution in [-0.2, 0) is 4.74 Å². The van der Waals surface area contributed by atoms with E-state index < -0.39 is 5.97 Å². The first kappa shape index (κ1) is 18.4. The van der Waals surface area contributed by atoms with E-state index in [-0.39, 0.29) is 22.0 Å². The second-order valence-electron chi connectivity index (χ2n) is 3.92. The Bertz CT molecular complexity index is 685. The Hall–Kier alpha value is -1.67. The van der Waals surface area contributed by atoms with Crippen LogP contribution in [0.25, 0.3) is 0 Å². The minimum Gasteiger partial charge on any atom is -0.477 e. The second-order valence-corrected chi connectivity index (χ2v) is 6.33. The highest BCUT2D eigenvalue weighted by atomic mass is 32.1. The third-order valence-corrected chi connectivity index (χ3v) is 4.12. The molecule has 2 aromatic heterocycles. The molecular formula is C12H12B2N2O4S2. The summed E-state index contributed by atoms with van der Waals surface area (Å²) in [6.07, 6.45) is 0. The molecule has 0 aliphatic carbocycles. The molecule has 1 N–H and O–H groups in total. The van der Waals surface area contributed by atoms with Gasteiger partial charge in [0.25, 0.3) is 0 Å². The number of carboxylic acid groups (broad SMARTS) is 1. The minimum absolute atomic E-state index is 0.106. The molecule has 0 unspecified atom stereocenters. The minimum atomic E-state index is -1.01. The monoisotopic (exact) mass is 334 g/mol. The molecule has 0 fully saturated rings. The first-order valence-corrected chi connectivity index (χ1v) is 7.75. The SMILES string of the molecule is [B]c1nc(C)sc1C(=O)O.[B]c1nc(C)sc1C(=O)OCC. The second kappa shape index (κ2) is 8.09. The van der Waals surface area contributed by atoms with Gasteiger partial charge in [-0.1, -0.05) is 0 Å². The van der Waals surface area contributed by atoms with Crippen molar-refractivity contribution < 1.29 is 19.4 Å². The zero-order valence-electron chi connectivity index (χ0n) is 12.2. The van der Waals surface area contributed by atoms with E-state index in [2.05, 4.69) is 9.97 Å². The van der Waals surface area contributed by atoms with Crippen LogP contribution in [0.2, 0.25) is 0 Å². The fraction of sp³-hybridized carbons (Fsp3) is 0.333. The first-order valence-electron chi connectivity index (χ1n) is 6.12. The van der Waals surface area contributed by atoms with Crippen molar-refractivity contribution in [3.8, 4) is 0 Å². The van der Waals surface area contributed by atoms with Gasteiger partial charge in [-0.2, -0.15) is 0 Å². The van der Waals surface area contributed by atoms with Crippen LogP contribution in [0.5, 0.6) is 0 Å². The summed E-state index contributed by atoms with van der Waals surface area (Å²) in [5.74, 6) is -1.40. The number of nitrogens with zero attached hydrogens (tertiary/aromatic N) is 2. The third-order valence-electron chi connectivity index (χ3n) is 2.18. The summed E-state index contributed by atoms with van der Waals surface area (Å²) in [5.41, 5.74) is 0.367. The van der Waals surface area contributed by atoms with Crippen LogP contribution < -0.4 is 11.2 Å². The lowest BCUT2D eigenvalue weighted by atomic mass is 10.0. The van der Waals surface area contributed by atoms with Crippen molar-refractivity contribution in [3.63, 3.8) is 0 Å². The molecule has 0 spiro atoms. The van der Waals surface area contributed by atoms with E-state index in [0.717, 1.165) is 16.3 Å². The van der Waals surface area contributed by atoms with Crippen molar-refractivity contribution >= 4 is 61.5 Å². The molecule has 0 aliphatic heterocycles. The summed E-state index contributed by atoms with van der Waals surface area (Å²) < 4.78 is 4.77. The molecule has 10 heteroatoms. The molecular weight excluding hydrogens is 322 g/mol. The van der Waals surface area contributed by atoms with Gasteiger partial charge in [-0.15, -0.1) is 22.7 Å². The first-order chi connectivity index (χ1) is 10.3. The third kappa shape index (κ3) is 4.96. The molecule has 0 saturated heterocycles. The van der Waals surface area contributed by atoms with Gasteiger partial charge in [-0.25, -0.2) is 9.59 Å². The summed E-state index contributed by atoms with van der Waals surface area (Å²) >= 11 is 2.34. The number of thiazole rings is 2. The Balaban J connectivity index is 0.000000224. The van der Waals surface area contributed by atoms with Crippen molar-refractivity contribution in [2.24, 2.45) is 0 Å². The van der Waals surface area contributed by atoms with Crippen molar-refractivity contribution in [3.05, 3.63) is 19.8 Å². The Morgan fingerprint density at radius 1 is 1.09 bits per heavy atom. The fourth-order valence-electron chi connectivity index (χ4n) is 1.38. The van der Waals surface area contributed by atoms with Gasteiger partial charge in [0, 0.05) is 11.2 Å². The molecule has 4 radical (unpaired) electrons. The number of ether oxygens (including phenoxy) is 1. The summed E-state index contributed by atoms with van der Waals surface area (Å²) in [7, 11) is 10.7. The van der Waals surface area contributed by atoms with Crippen LogP contribution in [-0.4, -0.2) is 49.3 Å². The number of aryl methyl sites for hydroxylation is 2. The van der Waals surface area contributed by atoms with E-state index in [0.29, 0.717) is 16.5 Å². The van der Waals surface area contributed by atoms with Crippen LogP contribution in [0.4, 0.5) is 0 Å². The summed E-state index contributed by atoms with van der Waals surface area (Å²) in [6, 6.07) is 0. The van der Waals surface area contributed by atoms with E-state index >= 15 is 0 Å². The molecule has 2 rings (SSSR count). The van der Waals surface area contributed by atoms with E-state index in [1.807, 2.05) is 0 Å². The predicted octanol–water partition coefficient (Wildman–Crippen LogP) is 0.366. The van der Waals surface area contributed by atoms with Crippen LogP contribution in [0.1, 0.15) is 36.3 Å². The van der Waals surface area contributed by atoms with Gasteiger partial charge in [0.15, 0.2) is 0 Å². The van der Waals surface area contributed by atoms with Gasteiger partial charge >= 0.3 is 11.9 Å². The average molecular weight is 334 g/mol.